The molecular formula is C20H32IN5O3S. The third-order valence-corrected chi connectivity index (χ3v) is 7.38. The zero-order valence-electron chi connectivity index (χ0n) is 17.5. The van der Waals surface area contributed by atoms with Gasteiger partial charge in [-0.05, 0) is 24.3 Å². The Balaban J connectivity index is 0.00000256. The Morgan fingerprint density at radius 1 is 1.20 bits per heavy atom. The lowest BCUT2D eigenvalue weighted by Crippen LogP contribution is -2.61. The second-order valence-corrected chi connectivity index (χ2v) is 8.89. The number of carbonyl (C=O) groups excluding carboxylic acids is 1. The van der Waals surface area contributed by atoms with Crippen molar-refractivity contribution < 1.29 is 13.9 Å². The molecule has 10 heteroatoms. The summed E-state index contributed by atoms with van der Waals surface area (Å²) in [6.45, 7) is 7.45. The number of morpholine rings is 1. The molecule has 0 saturated carbocycles. The van der Waals surface area contributed by atoms with Crippen molar-refractivity contribution in [2.45, 2.75) is 12.0 Å². The van der Waals surface area contributed by atoms with Crippen molar-refractivity contribution in [1.82, 2.24) is 20.0 Å². The van der Waals surface area contributed by atoms with Gasteiger partial charge >= 0.3 is 0 Å². The smallest absolute Gasteiger partial charge is 0.289 e. The number of piperazine rings is 1. The molecule has 3 aliphatic rings. The van der Waals surface area contributed by atoms with E-state index in [0.717, 1.165) is 57.6 Å². The zero-order chi connectivity index (χ0) is 20.1. The van der Waals surface area contributed by atoms with E-state index in [0.29, 0.717) is 18.8 Å². The quantitative estimate of drug-likeness (QED) is 0.346. The number of nitrogens with zero attached hydrogens (tertiary/aromatic N) is 4. The number of guanidine groups is 1. The van der Waals surface area contributed by atoms with Gasteiger partial charge in [0, 0.05) is 64.2 Å². The molecule has 4 rings (SSSR count). The third-order valence-electron chi connectivity index (χ3n) is 6.15. The van der Waals surface area contributed by atoms with Crippen molar-refractivity contribution in [3.63, 3.8) is 0 Å². The largest absolute Gasteiger partial charge is 0.459 e. The Morgan fingerprint density at radius 3 is 2.53 bits per heavy atom. The number of hydrogen-bond donors (Lipinski definition) is 1. The standard InChI is InChI=1S/C20H31N5O3S.HI/c1-21-19(22-15-20(4-14-29-16-20)25-9-12-27-13-10-25)24-7-5-23(6-8-24)18(26)17-3-2-11-28-17;/h2-3,11H,4-10,12-16H2,1H3,(H,21,22);1H. The highest BCUT2D eigenvalue weighted by molar-refractivity contribution is 14.0. The van der Waals surface area contributed by atoms with Crippen LogP contribution < -0.4 is 5.32 Å². The molecule has 3 fully saturated rings. The van der Waals surface area contributed by atoms with E-state index in [2.05, 4.69) is 20.1 Å². The number of rotatable bonds is 4. The lowest BCUT2D eigenvalue weighted by atomic mass is 9.95. The molecule has 30 heavy (non-hydrogen) atoms. The maximum Gasteiger partial charge on any atom is 0.289 e. The molecule has 1 amide bonds. The van der Waals surface area contributed by atoms with Crippen molar-refractivity contribution in [2.75, 3.05) is 77.6 Å². The van der Waals surface area contributed by atoms with E-state index in [9.17, 15) is 4.79 Å². The first-order valence-corrected chi connectivity index (χ1v) is 11.6. The van der Waals surface area contributed by atoms with Gasteiger partial charge in [0.05, 0.1) is 19.5 Å². The van der Waals surface area contributed by atoms with Crippen LogP contribution in [0.5, 0.6) is 0 Å². The van der Waals surface area contributed by atoms with E-state index in [4.69, 9.17) is 9.15 Å². The van der Waals surface area contributed by atoms with Crippen LogP contribution in [0.1, 0.15) is 17.0 Å². The Morgan fingerprint density at radius 2 is 1.93 bits per heavy atom. The zero-order valence-corrected chi connectivity index (χ0v) is 20.7. The van der Waals surface area contributed by atoms with Crippen LogP contribution in [0.4, 0.5) is 0 Å². The average molecular weight is 549 g/mol. The molecule has 1 aromatic rings. The lowest BCUT2D eigenvalue weighted by Gasteiger charge is -2.44. The predicted molar refractivity (Wildman–Crippen MR) is 130 cm³/mol. The molecule has 0 bridgehead atoms. The second kappa shape index (κ2) is 11.1. The molecule has 0 aliphatic carbocycles. The van der Waals surface area contributed by atoms with Gasteiger partial charge in [-0.25, -0.2) is 0 Å². The molecule has 1 atom stereocenters. The van der Waals surface area contributed by atoms with Gasteiger partial charge in [-0.1, -0.05) is 0 Å². The minimum Gasteiger partial charge on any atom is -0.459 e. The summed E-state index contributed by atoms with van der Waals surface area (Å²) < 4.78 is 10.8. The van der Waals surface area contributed by atoms with Crippen LogP contribution in [0.25, 0.3) is 0 Å². The first kappa shape index (κ1) is 23.7. The Kier molecular flexibility index (Phi) is 8.72. The molecular weight excluding hydrogens is 517 g/mol. The van der Waals surface area contributed by atoms with E-state index < -0.39 is 0 Å². The molecule has 1 unspecified atom stereocenters. The Bertz CT molecular complexity index is 697. The SMILES string of the molecule is CN=C(NCC1(N2CCOCC2)CCSC1)N1CCN(C(=O)c2ccco2)CC1.I. The normalized spacial score (nSPS) is 25.8. The maximum atomic E-state index is 12.5. The summed E-state index contributed by atoms with van der Waals surface area (Å²) in [6, 6.07) is 3.47. The van der Waals surface area contributed by atoms with Crippen molar-refractivity contribution in [2.24, 2.45) is 4.99 Å². The Hall–Kier alpha value is -0.980. The molecule has 8 nitrogen and oxygen atoms in total. The highest BCUT2D eigenvalue weighted by Gasteiger charge is 2.41. The van der Waals surface area contributed by atoms with Gasteiger partial charge in [-0.3, -0.25) is 14.7 Å². The minimum atomic E-state index is -0.0353. The molecule has 1 aromatic heterocycles. The van der Waals surface area contributed by atoms with Crippen molar-refractivity contribution >= 4 is 47.6 Å². The number of halogens is 1. The average Bonchev–Trinajstić information content (AvgIpc) is 3.48. The van der Waals surface area contributed by atoms with Crippen LogP contribution in [-0.4, -0.2) is 110 Å². The summed E-state index contributed by atoms with van der Waals surface area (Å²) in [6.07, 6.45) is 2.74. The van der Waals surface area contributed by atoms with Crippen LogP contribution in [0.3, 0.4) is 0 Å². The van der Waals surface area contributed by atoms with Crippen molar-refractivity contribution in [3.05, 3.63) is 24.2 Å². The number of hydrogen-bond acceptors (Lipinski definition) is 6. The maximum absolute atomic E-state index is 12.5. The van der Waals surface area contributed by atoms with E-state index in [1.165, 1.54) is 12.2 Å². The number of thioether (sulfide) groups is 1. The van der Waals surface area contributed by atoms with Gasteiger partial charge in [0.25, 0.3) is 5.91 Å². The van der Waals surface area contributed by atoms with Crippen LogP contribution in [-0.2, 0) is 4.74 Å². The van der Waals surface area contributed by atoms with E-state index in [-0.39, 0.29) is 35.4 Å². The highest BCUT2D eigenvalue weighted by atomic mass is 127. The van der Waals surface area contributed by atoms with Crippen molar-refractivity contribution in [1.29, 1.82) is 0 Å². The molecule has 168 valence electrons. The van der Waals surface area contributed by atoms with Crippen LogP contribution >= 0.6 is 35.7 Å². The van der Waals surface area contributed by atoms with Gasteiger partial charge in [0.2, 0.25) is 0 Å². The fraction of sp³-hybridized carbons (Fsp3) is 0.700. The number of ether oxygens (including phenoxy) is 1. The molecule has 0 spiro atoms. The summed E-state index contributed by atoms with van der Waals surface area (Å²) in [5.41, 5.74) is 0.182. The molecule has 0 aromatic carbocycles. The Labute approximate surface area is 199 Å². The second-order valence-electron chi connectivity index (χ2n) is 7.78. The van der Waals surface area contributed by atoms with Gasteiger partial charge in [0.1, 0.15) is 0 Å². The summed E-state index contributed by atoms with van der Waals surface area (Å²) in [4.78, 5) is 23.7. The summed E-state index contributed by atoms with van der Waals surface area (Å²) in [5.74, 6) is 3.67. The van der Waals surface area contributed by atoms with E-state index in [1.807, 2.05) is 23.7 Å². The van der Waals surface area contributed by atoms with Crippen molar-refractivity contribution in [3.8, 4) is 0 Å². The molecule has 1 N–H and O–H groups in total. The monoisotopic (exact) mass is 549 g/mol. The van der Waals surface area contributed by atoms with Crippen LogP contribution in [0.15, 0.2) is 27.8 Å². The van der Waals surface area contributed by atoms with Gasteiger partial charge < -0.3 is 24.3 Å². The number of nitrogens with one attached hydrogen (secondary N) is 1. The van der Waals surface area contributed by atoms with E-state index in [1.54, 1.807) is 18.4 Å². The van der Waals surface area contributed by atoms with Gasteiger partial charge in [-0.2, -0.15) is 11.8 Å². The summed E-state index contributed by atoms with van der Waals surface area (Å²) in [7, 11) is 1.84. The molecule has 3 aliphatic heterocycles. The highest BCUT2D eigenvalue weighted by Crippen LogP contribution is 2.33. The molecule has 4 heterocycles. The van der Waals surface area contributed by atoms with Gasteiger partial charge in [-0.15, -0.1) is 24.0 Å². The summed E-state index contributed by atoms with van der Waals surface area (Å²) >= 11 is 2.04. The number of carbonyl (C=O) groups is 1. The summed E-state index contributed by atoms with van der Waals surface area (Å²) in [5, 5.41) is 3.65. The van der Waals surface area contributed by atoms with E-state index >= 15 is 0 Å². The number of furan rings is 1. The molecule has 3 saturated heterocycles. The predicted octanol–water partition coefficient (Wildman–Crippen LogP) is 1.44. The first-order valence-electron chi connectivity index (χ1n) is 10.4. The lowest BCUT2D eigenvalue weighted by molar-refractivity contribution is -0.0122. The van der Waals surface area contributed by atoms with Gasteiger partial charge in [0.15, 0.2) is 11.7 Å². The van der Waals surface area contributed by atoms with Crippen LogP contribution in [0.2, 0.25) is 0 Å². The fourth-order valence-electron chi connectivity index (χ4n) is 4.39. The van der Waals surface area contributed by atoms with Crippen LogP contribution in [0, 0.1) is 0 Å². The topological polar surface area (TPSA) is 73.6 Å². The first-order chi connectivity index (χ1) is 14.2. The number of amides is 1. The third kappa shape index (κ3) is 5.25. The number of aliphatic imine (C=N–C) groups is 1. The minimum absolute atomic E-state index is 0. The molecule has 0 radical (unpaired) electrons. The fourth-order valence-corrected chi connectivity index (χ4v) is 5.87.